The van der Waals surface area contributed by atoms with Crippen LogP contribution in [0.25, 0.3) is 11.2 Å². The van der Waals surface area contributed by atoms with Crippen LogP contribution in [0.2, 0.25) is 0 Å². The Bertz CT molecular complexity index is 1760. The minimum Gasteiger partial charge on any atom is -0.387 e. The number of primary amides is 1. The first-order valence-corrected chi connectivity index (χ1v) is 18.7. The number of hydrogen-bond acceptors (Lipinski definition) is 17. The van der Waals surface area contributed by atoms with Crippen LogP contribution in [0.3, 0.4) is 0 Å². The van der Waals surface area contributed by atoms with Crippen molar-refractivity contribution in [2.45, 2.75) is 74.0 Å². The van der Waals surface area contributed by atoms with Crippen LogP contribution in [0.5, 0.6) is 0 Å². The number of hydrogen-bond donors (Lipinski definition) is 8. The van der Waals surface area contributed by atoms with Crippen molar-refractivity contribution < 1.29 is 71.5 Å². The van der Waals surface area contributed by atoms with Gasteiger partial charge in [-0.15, -0.1) is 0 Å². The molecule has 2 fully saturated rings. The second-order valence-electron chi connectivity index (χ2n) is 11.0. The molecule has 1 amide bonds. The Morgan fingerprint density at radius 3 is 2.35 bits per heavy atom. The molecule has 0 spiro atoms. The first-order valence-electron chi connectivity index (χ1n) is 14.7. The van der Waals surface area contributed by atoms with Gasteiger partial charge in [0.05, 0.1) is 13.2 Å². The fourth-order valence-corrected chi connectivity index (χ4v) is 8.24. The molecule has 5 rings (SSSR count). The van der Waals surface area contributed by atoms with E-state index in [0.717, 1.165) is 12.8 Å². The van der Waals surface area contributed by atoms with E-state index in [4.69, 9.17) is 30.0 Å². The molecule has 10 N–H and O–H groups in total. The first kappa shape index (κ1) is 37.6. The fourth-order valence-electron chi connectivity index (χ4n) is 5.05. The molecule has 2 aliphatic heterocycles. The number of aliphatic hydroxyl groups is 4. The highest BCUT2D eigenvalue weighted by atomic mass is 32.2. The van der Waals surface area contributed by atoms with Crippen molar-refractivity contribution in [1.29, 1.82) is 0 Å². The molecule has 0 aromatic carbocycles. The zero-order chi connectivity index (χ0) is 35.7. The van der Waals surface area contributed by atoms with Gasteiger partial charge in [0, 0.05) is 11.8 Å². The number of carbonyl (C=O) groups excluding carboxylic acids is 1. The minimum atomic E-state index is -5.40. The van der Waals surface area contributed by atoms with Gasteiger partial charge in [0.15, 0.2) is 46.9 Å². The van der Waals surface area contributed by atoms with E-state index < -0.39 is 83.8 Å². The quantitative estimate of drug-likeness (QED) is 0.0394. The Morgan fingerprint density at radius 2 is 1.69 bits per heavy atom. The van der Waals surface area contributed by atoms with Gasteiger partial charge in [0.1, 0.15) is 42.4 Å². The fraction of sp³-hybridized carbons (Fsp3) is 0.560. The number of anilines is 1. The third-order valence-electron chi connectivity index (χ3n) is 7.54. The van der Waals surface area contributed by atoms with Crippen LogP contribution in [0.4, 0.5) is 5.82 Å². The topological polar surface area (TPSA) is 318 Å². The Hall–Kier alpha value is -2.66. The molecule has 21 nitrogen and oxygen atoms in total. The largest absolute Gasteiger partial charge is 0.481 e. The number of imidazole rings is 1. The molecule has 0 aliphatic carbocycles. The average Bonchev–Trinajstić information content (AvgIpc) is 3.65. The highest BCUT2D eigenvalue weighted by Gasteiger charge is 2.50. The standard InChI is InChI=1S/C25H35N7O14P2S/c1-2-3-7-49-25-30-15-20(26)28-11-29-22(15)32(25)24-19(36)17(34)14(45-24)10-43-48(40,41)46-47(38,39)42-9-13-16(33)18(35)23(44-13)31-6-4-5-12(8-31)21(27)37/h4-6,8,11,13-14,16-19,23-24,33-36H,2-3,7,9-10H2,1H3,(H5-,26,27,28,29,37,38,39,40,41)/p+1/t13-,14+,16+,17?,18?,19-,23-,24+/m0/s1. The van der Waals surface area contributed by atoms with E-state index in [1.807, 2.05) is 6.92 Å². The maximum atomic E-state index is 12.6. The summed E-state index contributed by atoms with van der Waals surface area (Å²) in [6.07, 6.45) is -6.36. The number of nitrogen functional groups attached to an aromatic ring is 1. The van der Waals surface area contributed by atoms with Gasteiger partial charge in [0.2, 0.25) is 0 Å². The lowest BCUT2D eigenvalue weighted by molar-refractivity contribution is -0.765. The van der Waals surface area contributed by atoms with Crippen LogP contribution in [0.1, 0.15) is 42.6 Å². The van der Waals surface area contributed by atoms with E-state index in [-0.39, 0.29) is 22.5 Å². The predicted molar refractivity (Wildman–Crippen MR) is 165 cm³/mol. The number of aromatic nitrogens is 5. The third kappa shape index (κ3) is 8.46. The number of unbranched alkanes of at least 4 members (excludes halogenated alkanes) is 1. The molecule has 270 valence electrons. The molecule has 0 bridgehead atoms. The predicted octanol–water partition coefficient (Wildman–Crippen LogP) is -1.12. The van der Waals surface area contributed by atoms with Gasteiger partial charge >= 0.3 is 15.6 Å². The van der Waals surface area contributed by atoms with Crippen LogP contribution in [0.15, 0.2) is 36.0 Å². The van der Waals surface area contributed by atoms with Gasteiger partial charge < -0.3 is 51.2 Å². The van der Waals surface area contributed by atoms with Crippen molar-refractivity contribution in [2.75, 3.05) is 24.7 Å². The summed E-state index contributed by atoms with van der Waals surface area (Å²) in [6, 6.07) is 2.84. The monoisotopic (exact) mass is 752 g/mol. The number of ether oxygens (including phenoxy) is 2. The van der Waals surface area contributed by atoms with E-state index >= 15 is 0 Å². The molecule has 49 heavy (non-hydrogen) atoms. The maximum absolute atomic E-state index is 12.6. The van der Waals surface area contributed by atoms with Gasteiger partial charge in [-0.1, -0.05) is 25.1 Å². The van der Waals surface area contributed by atoms with Crippen LogP contribution < -0.4 is 16.0 Å². The summed E-state index contributed by atoms with van der Waals surface area (Å²) < 4.78 is 53.0. The van der Waals surface area contributed by atoms with Gasteiger partial charge in [-0.05, 0) is 12.5 Å². The zero-order valence-corrected chi connectivity index (χ0v) is 28.3. The Morgan fingerprint density at radius 1 is 1.04 bits per heavy atom. The highest BCUT2D eigenvalue weighted by Crippen LogP contribution is 2.60. The molecule has 2 saturated heterocycles. The molecule has 10 atom stereocenters. The Balaban J connectivity index is 1.19. The van der Waals surface area contributed by atoms with Crippen molar-refractivity contribution in [1.82, 2.24) is 19.5 Å². The number of amides is 1. The number of aliphatic hydroxyl groups excluding tert-OH is 4. The van der Waals surface area contributed by atoms with Gasteiger partial charge in [-0.2, -0.15) is 8.88 Å². The van der Waals surface area contributed by atoms with E-state index in [0.29, 0.717) is 10.9 Å². The molecule has 24 heteroatoms. The molecule has 2 aliphatic rings. The molecule has 4 unspecified atom stereocenters. The van der Waals surface area contributed by atoms with Crippen molar-refractivity contribution in [2.24, 2.45) is 5.73 Å². The van der Waals surface area contributed by atoms with Crippen LogP contribution in [0, 0.1) is 0 Å². The average molecular weight is 753 g/mol. The van der Waals surface area contributed by atoms with Crippen LogP contribution >= 0.6 is 27.4 Å². The summed E-state index contributed by atoms with van der Waals surface area (Å²) in [7, 11) is -10.8. The van der Waals surface area contributed by atoms with E-state index in [2.05, 4.69) is 19.3 Å². The number of phosphoric ester groups is 2. The highest BCUT2D eigenvalue weighted by molar-refractivity contribution is 7.99. The third-order valence-corrected chi connectivity index (χ3v) is 11.2. The molecule has 5 heterocycles. The first-order chi connectivity index (χ1) is 23.1. The summed E-state index contributed by atoms with van der Waals surface area (Å²) in [5, 5.41) is 42.8. The summed E-state index contributed by atoms with van der Waals surface area (Å²) in [4.78, 5) is 44.4. The summed E-state index contributed by atoms with van der Waals surface area (Å²) in [5.41, 5.74) is 11.7. The SMILES string of the molecule is CCCCSc1nc2c(N)ncnc2n1[C@@H]1O[C@H](COP(=O)(O)OP(=O)(O)OC[C@@H]2O[C@H]([n+]3cccc(C(N)=O)c3)C(O)[C@@H]2O)C(O)[C@@H]1O. The normalized spacial score (nSPS) is 29.6. The second kappa shape index (κ2) is 15.3. The number of fused-ring (bicyclic) bond motifs is 1. The number of phosphoric acid groups is 2. The van der Waals surface area contributed by atoms with Gasteiger partial charge in [-0.3, -0.25) is 18.4 Å². The number of thioether (sulfide) groups is 1. The van der Waals surface area contributed by atoms with E-state index in [1.54, 1.807) is 0 Å². The second-order valence-corrected chi connectivity index (χ2v) is 15.1. The lowest BCUT2D eigenvalue weighted by Gasteiger charge is -2.20. The van der Waals surface area contributed by atoms with Crippen molar-refractivity contribution in [3.05, 3.63) is 36.4 Å². The smallest absolute Gasteiger partial charge is 0.387 e. The van der Waals surface area contributed by atoms with Gasteiger partial charge in [0.25, 0.3) is 12.1 Å². The van der Waals surface area contributed by atoms with Crippen molar-refractivity contribution in [3.8, 4) is 0 Å². The summed E-state index contributed by atoms with van der Waals surface area (Å²) >= 11 is 1.33. The molecule has 3 aromatic heterocycles. The molecule has 0 saturated carbocycles. The van der Waals surface area contributed by atoms with E-state index in [9.17, 15) is 44.1 Å². The number of rotatable bonds is 15. The number of carbonyl (C=O) groups is 1. The zero-order valence-electron chi connectivity index (χ0n) is 25.7. The Labute approximate surface area is 282 Å². The van der Waals surface area contributed by atoms with Crippen molar-refractivity contribution >= 4 is 50.3 Å². The summed E-state index contributed by atoms with van der Waals surface area (Å²) in [5.74, 6) is -0.0439. The molecular weight excluding hydrogens is 716 g/mol. The minimum absolute atomic E-state index is 0.0705. The maximum Gasteiger partial charge on any atom is 0.481 e. The number of pyridine rings is 1. The van der Waals surface area contributed by atoms with Gasteiger partial charge in [-0.25, -0.2) is 24.1 Å². The van der Waals surface area contributed by atoms with Crippen molar-refractivity contribution in [3.63, 3.8) is 0 Å². The molecule has 3 aromatic rings. The Kier molecular flexibility index (Phi) is 11.7. The van der Waals surface area contributed by atoms with E-state index in [1.165, 1.54) is 51.7 Å². The lowest BCUT2D eigenvalue weighted by atomic mass is 10.1. The lowest BCUT2D eigenvalue weighted by Crippen LogP contribution is -2.46. The molecule has 0 radical (unpaired) electrons. The molecular formula is C25H36N7O14P2S+. The number of nitrogens with zero attached hydrogens (tertiary/aromatic N) is 5. The summed E-state index contributed by atoms with van der Waals surface area (Å²) in [6.45, 7) is 0.208. The number of nitrogens with two attached hydrogens (primary N) is 2. The van der Waals surface area contributed by atoms with Crippen LogP contribution in [-0.2, 0) is 32.0 Å². The van der Waals surface area contributed by atoms with Crippen LogP contribution in [-0.4, -0.2) is 111 Å².